The average molecular weight is 425 g/mol. The topological polar surface area (TPSA) is 25.2 Å². The first kappa shape index (κ1) is 15.1. The van der Waals surface area contributed by atoms with Gasteiger partial charge in [0.05, 0.1) is 6.04 Å². The molecule has 2 nitrogen and oxygen atoms in total. The van der Waals surface area contributed by atoms with Crippen LogP contribution in [0, 0.1) is 15.2 Å². The van der Waals surface area contributed by atoms with Crippen LogP contribution < -0.4 is 5.32 Å². The third kappa shape index (κ3) is 2.46. The highest BCUT2D eigenvalue weighted by Crippen LogP contribution is 2.39. The first-order valence-electron chi connectivity index (χ1n) is 7.45. The molecule has 2 unspecified atom stereocenters. The van der Waals surface area contributed by atoms with Gasteiger partial charge in [0.1, 0.15) is 23.0 Å². The fourth-order valence-electron chi connectivity index (χ4n) is 3.33. The lowest BCUT2D eigenvalue weighted by Crippen LogP contribution is -2.38. The van der Waals surface area contributed by atoms with E-state index >= 15 is 0 Å². The van der Waals surface area contributed by atoms with E-state index in [1.54, 1.807) is 0 Å². The monoisotopic (exact) mass is 425 g/mol. The number of hydrogen-bond donors (Lipinski definition) is 1. The summed E-state index contributed by atoms with van der Waals surface area (Å²) in [4.78, 5) is 0. The summed E-state index contributed by atoms with van der Waals surface area (Å²) in [5.74, 6) is -0.483. The number of fused-ring (bicyclic) bond motifs is 3. The van der Waals surface area contributed by atoms with E-state index in [1.807, 2.05) is 53.8 Å². The fourth-order valence-corrected chi connectivity index (χ4v) is 3.88. The number of benzene rings is 2. The number of hydrogen-bond acceptors (Lipinski definition) is 2. The Hall–Kier alpha value is -1.47. The van der Waals surface area contributed by atoms with Gasteiger partial charge in [-0.25, -0.2) is 8.78 Å². The zero-order chi connectivity index (χ0) is 16.1. The minimum Gasteiger partial charge on any atom is -0.459 e. The van der Waals surface area contributed by atoms with Crippen LogP contribution in [0.2, 0.25) is 0 Å². The van der Waals surface area contributed by atoms with Crippen LogP contribution in [0.5, 0.6) is 0 Å². The van der Waals surface area contributed by atoms with Gasteiger partial charge in [0.2, 0.25) is 0 Å². The fraction of sp³-hybridized carbons (Fsp3) is 0.222. The van der Waals surface area contributed by atoms with E-state index in [9.17, 15) is 8.78 Å². The molecule has 1 aliphatic heterocycles. The van der Waals surface area contributed by atoms with Crippen LogP contribution in [-0.2, 0) is 6.42 Å². The second-order valence-electron chi connectivity index (χ2n) is 5.93. The van der Waals surface area contributed by atoms with Gasteiger partial charge in [-0.2, -0.15) is 0 Å². The number of para-hydroxylation sites is 1. The van der Waals surface area contributed by atoms with Crippen LogP contribution in [0.25, 0.3) is 11.0 Å². The van der Waals surface area contributed by atoms with Crippen LogP contribution >= 0.6 is 22.6 Å². The van der Waals surface area contributed by atoms with Crippen molar-refractivity contribution in [2.24, 2.45) is 0 Å². The Labute approximate surface area is 146 Å². The van der Waals surface area contributed by atoms with Crippen LogP contribution in [0.1, 0.15) is 29.9 Å². The van der Waals surface area contributed by atoms with Crippen molar-refractivity contribution in [1.82, 2.24) is 5.32 Å². The quantitative estimate of drug-likeness (QED) is 0.559. The molecule has 0 saturated heterocycles. The molecule has 0 fully saturated rings. The predicted molar refractivity (Wildman–Crippen MR) is 93.4 cm³/mol. The molecule has 118 valence electrons. The second-order valence-corrected chi connectivity index (χ2v) is 7.17. The maximum absolute atomic E-state index is 14.4. The van der Waals surface area contributed by atoms with E-state index in [0.29, 0.717) is 9.33 Å². The Kier molecular flexibility index (Phi) is 3.65. The number of furan rings is 1. The van der Waals surface area contributed by atoms with E-state index in [0.717, 1.165) is 23.0 Å². The maximum Gasteiger partial charge on any atom is 0.134 e. The second kappa shape index (κ2) is 5.56. The Bertz CT molecular complexity index is 882. The zero-order valence-corrected chi connectivity index (χ0v) is 14.5. The van der Waals surface area contributed by atoms with Crippen molar-refractivity contribution in [2.45, 2.75) is 25.4 Å². The summed E-state index contributed by atoms with van der Waals surface area (Å²) in [7, 11) is 0. The van der Waals surface area contributed by atoms with E-state index in [-0.39, 0.29) is 11.6 Å². The summed E-state index contributed by atoms with van der Waals surface area (Å²) < 4.78 is 35.4. The summed E-state index contributed by atoms with van der Waals surface area (Å²) in [6, 6.07) is 9.92. The largest absolute Gasteiger partial charge is 0.459 e. The molecule has 1 N–H and O–H groups in total. The highest BCUT2D eigenvalue weighted by Gasteiger charge is 2.34. The summed E-state index contributed by atoms with van der Waals surface area (Å²) in [6.45, 7) is 2.01. The molecule has 5 heteroatoms. The Balaban J connectivity index is 1.95. The lowest BCUT2D eigenvalue weighted by Gasteiger charge is -2.29. The summed E-state index contributed by atoms with van der Waals surface area (Å²) >= 11 is 1.91. The Morgan fingerprint density at radius 3 is 2.61 bits per heavy atom. The van der Waals surface area contributed by atoms with Crippen LogP contribution in [0.4, 0.5) is 8.78 Å². The lowest BCUT2D eigenvalue weighted by molar-refractivity contribution is 0.375. The summed E-state index contributed by atoms with van der Waals surface area (Å²) in [6.07, 6.45) is 0.774. The normalized spacial score (nSPS) is 20.7. The first-order chi connectivity index (χ1) is 11.0. The Morgan fingerprint density at radius 1 is 1.17 bits per heavy atom. The minimum absolute atomic E-state index is 0.0253. The first-order valence-corrected chi connectivity index (χ1v) is 8.53. The number of halogens is 3. The number of nitrogens with one attached hydrogen (secondary N) is 1. The van der Waals surface area contributed by atoms with Crippen LogP contribution in [0.15, 0.2) is 40.8 Å². The predicted octanol–water partition coefficient (Wildman–Crippen LogP) is 4.94. The molecule has 0 amide bonds. The SMILES string of the molecule is CC1Cc2c(oc3ccccc23)C(c2c(F)cc(I)cc2F)N1. The minimum atomic E-state index is -0.613. The Morgan fingerprint density at radius 2 is 1.87 bits per heavy atom. The lowest BCUT2D eigenvalue weighted by atomic mass is 9.91. The van der Waals surface area contributed by atoms with Crippen molar-refractivity contribution >= 4 is 33.6 Å². The molecule has 0 radical (unpaired) electrons. The third-order valence-electron chi connectivity index (χ3n) is 4.29. The molecular formula is C18H14F2INO. The molecular weight excluding hydrogens is 411 g/mol. The molecule has 4 rings (SSSR count). The van der Waals surface area contributed by atoms with Crippen molar-refractivity contribution in [3.63, 3.8) is 0 Å². The smallest absolute Gasteiger partial charge is 0.134 e. The molecule has 0 spiro atoms. The molecule has 1 aliphatic rings. The van der Waals surface area contributed by atoms with E-state index in [2.05, 4.69) is 5.32 Å². The molecule has 0 bridgehead atoms. The van der Waals surface area contributed by atoms with Gasteiger partial charge in [-0.3, -0.25) is 0 Å². The van der Waals surface area contributed by atoms with Crippen molar-refractivity contribution in [3.05, 3.63) is 68.5 Å². The van der Waals surface area contributed by atoms with Gasteiger partial charge >= 0.3 is 0 Å². The van der Waals surface area contributed by atoms with Crippen molar-refractivity contribution in [2.75, 3.05) is 0 Å². The molecule has 2 heterocycles. The van der Waals surface area contributed by atoms with Gasteiger partial charge in [0, 0.05) is 26.1 Å². The number of rotatable bonds is 1. The highest BCUT2D eigenvalue weighted by molar-refractivity contribution is 14.1. The van der Waals surface area contributed by atoms with Crippen molar-refractivity contribution < 1.29 is 13.2 Å². The molecule has 3 aromatic rings. The molecule has 23 heavy (non-hydrogen) atoms. The highest BCUT2D eigenvalue weighted by atomic mass is 127. The molecule has 0 aliphatic carbocycles. The summed E-state index contributed by atoms with van der Waals surface area (Å²) in [5, 5.41) is 4.30. The summed E-state index contributed by atoms with van der Waals surface area (Å²) in [5.41, 5.74) is 1.82. The van der Waals surface area contributed by atoms with Gasteiger partial charge < -0.3 is 9.73 Å². The van der Waals surface area contributed by atoms with Crippen LogP contribution in [0.3, 0.4) is 0 Å². The van der Waals surface area contributed by atoms with Gasteiger partial charge in [-0.1, -0.05) is 18.2 Å². The van der Waals surface area contributed by atoms with Crippen molar-refractivity contribution in [1.29, 1.82) is 0 Å². The van der Waals surface area contributed by atoms with E-state index < -0.39 is 17.7 Å². The van der Waals surface area contributed by atoms with Gasteiger partial charge in [-0.05, 0) is 54.1 Å². The molecule has 1 aromatic heterocycles. The zero-order valence-electron chi connectivity index (χ0n) is 12.4. The van der Waals surface area contributed by atoms with Gasteiger partial charge in [0.25, 0.3) is 0 Å². The third-order valence-corrected chi connectivity index (χ3v) is 4.91. The molecule has 0 saturated carbocycles. The van der Waals surface area contributed by atoms with E-state index in [4.69, 9.17) is 4.42 Å². The van der Waals surface area contributed by atoms with E-state index in [1.165, 1.54) is 12.1 Å². The maximum atomic E-state index is 14.4. The molecule has 2 aromatic carbocycles. The average Bonchev–Trinajstić information content (AvgIpc) is 2.85. The van der Waals surface area contributed by atoms with Crippen LogP contribution in [-0.4, -0.2) is 6.04 Å². The standard InChI is InChI=1S/C18H14F2INO/c1-9-6-12-11-4-2-3-5-15(11)23-18(12)17(22-9)16-13(19)7-10(21)8-14(16)20/h2-5,7-9,17,22H,6H2,1H3. The molecule has 2 atom stereocenters. The van der Waals surface area contributed by atoms with Crippen molar-refractivity contribution in [3.8, 4) is 0 Å². The van der Waals surface area contributed by atoms with Gasteiger partial charge in [0.15, 0.2) is 0 Å². The van der Waals surface area contributed by atoms with Gasteiger partial charge in [-0.15, -0.1) is 0 Å².